The third-order valence-electron chi connectivity index (χ3n) is 2.46. The Hall–Kier alpha value is -1.88. The van der Waals surface area contributed by atoms with Crippen LogP contribution in [0.3, 0.4) is 0 Å². The normalized spacial score (nSPS) is 13.6. The van der Waals surface area contributed by atoms with E-state index in [1.807, 2.05) is 41.4 Å². The molecule has 17 heavy (non-hydrogen) atoms. The number of H-pyrrole nitrogens is 1. The lowest BCUT2D eigenvalue weighted by molar-refractivity contribution is 1.08. The van der Waals surface area contributed by atoms with Gasteiger partial charge in [0.1, 0.15) is 5.69 Å². The summed E-state index contributed by atoms with van der Waals surface area (Å²) >= 11 is 3.46. The number of hydrazone groups is 1. The zero-order valence-electron chi connectivity index (χ0n) is 8.84. The van der Waals surface area contributed by atoms with E-state index in [0.29, 0.717) is 0 Å². The van der Waals surface area contributed by atoms with E-state index in [0.717, 1.165) is 21.5 Å². The van der Waals surface area contributed by atoms with Crippen LogP contribution in [0.4, 0.5) is 11.4 Å². The minimum Gasteiger partial charge on any atom is -0.276 e. The second-order valence-corrected chi connectivity index (χ2v) is 4.50. The number of rotatable bonds is 1. The Morgan fingerprint density at radius 3 is 3.12 bits per heavy atom. The molecule has 2 heterocycles. The van der Waals surface area contributed by atoms with Crippen molar-refractivity contribution in [3.8, 4) is 0 Å². The molecule has 0 bridgehead atoms. The topological polar surface area (TPSA) is 44.3 Å². The number of fused-ring (bicyclic) bond motifs is 1. The minimum absolute atomic E-state index is 0.938. The third-order valence-corrected chi connectivity index (χ3v) is 2.95. The van der Waals surface area contributed by atoms with Crippen molar-refractivity contribution in [1.29, 1.82) is 0 Å². The van der Waals surface area contributed by atoms with Gasteiger partial charge in [-0.3, -0.25) is 5.10 Å². The van der Waals surface area contributed by atoms with E-state index in [1.165, 1.54) is 0 Å². The van der Waals surface area contributed by atoms with Gasteiger partial charge in [0.25, 0.3) is 0 Å². The van der Waals surface area contributed by atoms with Gasteiger partial charge in [0.05, 0.1) is 17.6 Å². The highest BCUT2D eigenvalue weighted by molar-refractivity contribution is 9.10. The summed E-state index contributed by atoms with van der Waals surface area (Å²) in [7, 11) is 0. The smallest absolute Gasteiger partial charge is 0.110 e. The van der Waals surface area contributed by atoms with Gasteiger partial charge >= 0.3 is 0 Å². The number of benzene rings is 1. The van der Waals surface area contributed by atoms with Crippen LogP contribution < -0.4 is 5.01 Å². The molecule has 0 aliphatic carbocycles. The molecule has 0 unspecified atom stereocenters. The summed E-state index contributed by atoms with van der Waals surface area (Å²) in [6.07, 6.45) is 7.36. The van der Waals surface area contributed by atoms with Gasteiger partial charge in [-0.05, 0) is 30.4 Å². The van der Waals surface area contributed by atoms with Gasteiger partial charge in [0.15, 0.2) is 0 Å². The number of halogens is 1. The molecule has 0 fully saturated rings. The number of anilines is 2. The Balaban J connectivity index is 2.11. The van der Waals surface area contributed by atoms with E-state index in [9.17, 15) is 0 Å². The van der Waals surface area contributed by atoms with Gasteiger partial charge in [-0.2, -0.15) is 10.2 Å². The van der Waals surface area contributed by atoms with E-state index in [2.05, 4.69) is 31.2 Å². The molecule has 1 N–H and O–H groups in total. The van der Waals surface area contributed by atoms with Crippen molar-refractivity contribution in [3.63, 3.8) is 0 Å². The molecule has 5 heteroatoms. The molecule has 0 saturated carbocycles. The molecule has 0 radical (unpaired) electrons. The van der Waals surface area contributed by atoms with Crippen LogP contribution in [0.5, 0.6) is 0 Å². The first-order valence-electron chi connectivity index (χ1n) is 5.14. The fraction of sp³-hybridized carbons (Fsp3) is 0. The summed E-state index contributed by atoms with van der Waals surface area (Å²) in [5.41, 5.74) is 2.87. The Bertz CT molecular complexity index is 600. The number of aromatic amines is 1. The summed E-state index contributed by atoms with van der Waals surface area (Å²) in [5.74, 6) is 0. The summed E-state index contributed by atoms with van der Waals surface area (Å²) in [6, 6.07) is 7.98. The van der Waals surface area contributed by atoms with Gasteiger partial charge in [-0.25, -0.2) is 5.01 Å². The molecule has 0 spiro atoms. The van der Waals surface area contributed by atoms with E-state index in [-0.39, 0.29) is 0 Å². The van der Waals surface area contributed by atoms with Crippen molar-refractivity contribution in [3.05, 3.63) is 46.7 Å². The molecule has 84 valence electrons. The summed E-state index contributed by atoms with van der Waals surface area (Å²) in [6.45, 7) is 0. The molecule has 1 aliphatic rings. The molecule has 0 atom stereocenters. The number of allylic oxidation sites excluding steroid dienone is 1. The van der Waals surface area contributed by atoms with Crippen LogP contribution in [0.2, 0.25) is 0 Å². The molecule has 3 rings (SSSR count). The first-order valence-corrected chi connectivity index (χ1v) is 5.93. The highest BCUT2D eigenvalue weighted by Crippen LogP contribution is 2.31. The fourth-order valence-corrected chi connectivity index (χ4v) is 2.09. The molecule has 2 aromatic rings. The Labute approximate surface area is 107 Å². The lowest BCUT2D eigenvalue weighted by Gasteiger charge is -2.17. The number of nitrogens with one attached hydrogen (secondary N) is 1. The van der Waals surface area contributed by atoms with Gasteiger partial charge < -0.3 is 0 Å². The standard InChI is InChI=1S/C12H9BrN4/c13-9-3-1-4-10(7-9)17-12-8-14-16-11(12)5-2-6-15-17/h1-8H,(H,14,16). The Morgan fingerprint density at radius 2 is 2.24 bits per heavy atom. The average molecular weight is 289 g/mol. The van der Waals surface area contributed by atoms with Crippen LogP contribution in [0.15, 0.2) is 46.1 Å². The maximum Gasteiger partial charge on any atom is 0.110 e. The molecule has 0 saturated heterocycles. The molecular formula is C12H9BrN4. The van der Waals surface area contributed by atoms with Gasteiger partial charge in [0.2, 0.25) is 0 Å². The molecular weight excluding hydrogens is 280 g/mol. The Kier molecular flexibility index (Phi) is 2.53. The largest absolute Gasteiger partial charge is 0.276 e. The van der Waals surface area contributed by atoms with Crippen LogP contribution >= 0.6 is 15.9 Å². The first-order chi connectivity index (χ1) is 8.34. The first kappa shape index (κ1) is 10.3. The van der Waals surface area contributed by atoms with E-state index < -0.39 is 0 Å². The SMILES string of the molecule is Brc1cccc(N2N=CC=Cc3[nH]ncc32)c1. The zero-order chi connectivity index (χ0) is 11.7. The summed E-state index contributed by atoms with van der Waals surface area (Å²) in [5, 5.41) is 13.2. The van der Waals surface area contributed by atoms with E-state index >= 15 is 0 Å². The van der Waals surface area contributed by atoms with E-state index in [4.69, 9.17) is 0 Å². The number of nitrogens with zero attached hydrogens (tertiary/aromatic N) is 3. The van der Waals surface area contributed by atoms with Crippen LogP contribution in [0.1, 0.15) is 5.69 Å². The number of hydrogen-bond acceptors (Lipinski definition) is 3. The van der Waals surface area contributed by atoms with Crippen molar-refractivity contribution < 1.29 is 0 Å². The van der Waals surface area contributed by atoms with Gasteiger partial charge in [-0.1, -0.05) is 22.0 Å². The second kappa shape index (κ2) is 4.18. The van der Waals surface area contributed by atoms with Gasteiger partial charge in [0, 0.05) is 10.7 Å². The molecule has 1 aliphatic heterocycles. The number of aromatic nitrogens is 2. The maximum atomic E-state index is 4.39. The highest BCUT2D eigenvalue weighted by atomic mass is 79.9. The van der Waals surface area contributed by atoms with E-state index in [1.54, 1.807) is 12.4 Å². The predicted molar refractivity (Wildman–Crippen MR) is 72.4 cm³/mol. The minimum atomic E-state index is 0.938. The molecule has 1 aromatic carbocycles. The molecule has 4 nitrogen and oxygen atoms in total. The Morgan fingerprint density at radius 1 is 1.29 bits per heavy atom. The maximum absolute atomic E-state index is 4.39. The summed E-state index contributed by atoms with van der Waals surface area (Å²) in [4.78, 5) is 0. The summed E-state index contributed by atoms with van der Waals surface area (Å²) < 4.78 is 1.02. The van der Waals surface area contributed by atoms with Crippen molar-refractivity contribution >= 4 is 39.6 Å². The van der Waals surface area contributed by atoms with Crippen molar-refractivity contribution in [2.45, 2.75) is 0 Å². The fourth-order valence-electron chi connectivity index (χ4n) is 1.70. The lowest BCUT2D eigenvalue weighted by atomic mass is 10.3. The highest BCUT2D eigenvalue weighted by Gasteiger charge is 2.14. The van der Waals surface area contributed by atoms with Crippen LogP contribution in [-0.2, 0) is 0 Å². The van der Waals surface area contributed by atoms with Crippen molar-refractivity contribution in [1.82, 2.24) is 10.2 Å². The zero-order valence-corrected chi connectivity index (χ0v) is 10.4. The second-order valence-electron chi connectivity index (χ2n) is 3.58. The van der Waals surface area contributed by atoms with Crippen LogP contribution in [0, 0.1) is 0 Å². The molecule has 0 amide bonds. The van der Waals surface area contributed by atoms with Crippen molar-refractivity contribution in [2.75, 3.05) is 5.01 Å². The molecule has 1 aromatic heterocycles. The third kappa shape index (κ3) is 1.89. The number of hydrogen-bond donors (Lipinski definition) is 1. The monoisotopic (exact) mass is 288 g/mol. The quantitative estimate of drug-likeness (QED) is 0.875. The predicted octanol–water partition coefficient (Wildman–Crippen LogP) is 3.32. The van der Waals surface area contributed by atoms with Gasteiger partial charge in [-0.15, -0.1) is 0 Å². The average Bonchev–Trinajstić information content (AvgIpc) is 2.69. The van der Waals surface area contributed by atoms with Crippen molar-refractivity contribution in [2.24, 2.45) is 5.10 Å². The van der Waals surface area contributed by atoms with Crippen LogP contribution in [-0.4, -0.2) is 16.4 Å². The van der Waals surface area contributed by atoms with Crippen LogP contribution in [0.25, 0.3) is 6.08 Å². The lowest BCUT2D eigenvalue weighted by Crippen LogP contribution is -2.08.